The van der Waals surface area contributed by atoms with Crippen LogP contribution in [0.25, 0.3) is 6.08 Å². The molecule has 0 aromatic heterocycles. The number of nitrogens with one attached hydrogen (secondary N) is 1. The average Bonchev–Trinajstić information content (AvgIpc) is 2.88. The van der Waals surface area contributed by atoms with Crippen molar-refractivity contribution in [2.75, 3.05) is 47.3 Å². The molecule has 1 aliphatic rings. The van der Waals surface area contributed by atoms with Gasteiger partial charge >= 0.3 is 0 Å². The molecule has 0 spiro atoms. The number of carbonyl (C=O) groups excluding carboxylic acids is 1. The second kappa shape index (κ2) is 11.9. The third-order valence-corrected chi connectivity index (χ3v) is 7.68. The third kappa shape index (κ3) is 6.67. The lowest BCUT2D eigenvalue weighted by Gasteiger charge is -2.28. The van der Waals surface area contributed by atoms with E-state index in [9.17, 15) is 13.2 Å². The highest BCUT2D eigenvalue weighted by Gasteiger charge is 2.26. The highest BCUT2D eigenvalue weighted by atomic mass is 32.2. The van der Waals surface area contributed by atoms with Gasteiger partial charge in [-0.05, 0) is 59.9 Å². The average molecular weight is 505 g/mol. The molecule has 190 valence electrons. The second-order valence-corrected chi connectivity index (χ2v) is 10.1. The Morgan fingerprint density at radius 3 is 2.34 bits per heavy atom. The molecule has 0 fully saturated rings. The van der Waals surface area contributed by atoms with Crippen LogP contribution in [0.5, 0.6) is 23.0 Å². The Morgan fingerprint density at radius 1 is 1.00 bits per heavy atom. The summed E-state index contributed by atoms with van der Waals surface area (Å²) in [6.45, 7) is 1.04. The molecule has 0 bridgehead atoms. The minimum atomic E-state index is -3.42. The van der Waals surface area contributed by atoms with Crippen molar-refractivity contribution in [2.45, 2.75) is 19.4 Å². The fraction of sp³-hybridized carbons (Fsp3) is 0.400. The highest BCUT2D eigenvalue weighted by Crippen LogP contribution is 2.38. The van der Waals surface area contributed by atoms with Crippen molar-refractivity contribution in [2.24, 2.45) is 0 Å². The van der Waals surface area contributed by atoms with Gasteiger partial charge < -0.3 is 24.3 Å². The van der Waals surface area contributed by atoms with E-state index < -0.39 is 10.0 Å². The Bertz CT molecular complexity index is 1150. The molecule has 0 radical (unpaired) electrons. The number of rotatable bonds is 11. The van der Waals surface area contributed by atoms with Gasteiger partial charge in [0.15, 0.2) is 11.5 Å². The largest absolute Gasteiger partial charge is 0.497 e. The number of fused-ring (bicyclic) bond motifs is 1. The van der Waals surface area contributed by atoms with Gasteiger partial charge in [0.2, 0.25) is 21.7 Å². The predicted octanol–water partition coefficient (Wildman–Crippen LogP) is 2.63. The first-order valence-corrected chi connectivity index (χ1v) is 12.8. The molecule has 35 heavy (non-hydrogen) atoms. The van der Waals surface area contributed by atoms with Gasteiger partial charge in [0.1, 0.15) is 5.75 Å². The molecule has 1 heterocycles. The minimum Gasteiger partial charge on any atom is -0.497 e. The summed E-state index contributed by atoms with van der Waals surface area (Å²) >= 11 is 0. The van der Waals surface area contributed by atoms with E-state index in [0.717, 1.165) is 16.9 Å². The van der Waals surface area contributed by atoms with E-state index in [1.807, 2.05) is 18.2 Å². The molecule has 1 N–H and O–H groups in total. The van der Waals surface area contributed by atoms with E-state index >= 15 is 0 Å². The number of carbonyl (C=O) groups is 1. The number of ether oxygens (including phenoxy) is 4. The first kappa shape index (κ1) is 26.4. The van der Waals surface area contributed by atoms with Crippen LogP contribution >= 0.6 is 0 Å². The van der Waals surface area contributed by atoms with Gasteiger partial charge in [-0.3, -0.25) is 4.79 Å². The van der Waals surface area contributed by atoms with Gasteiger partial charge in [-0.2, -0.15) is 4.31 Å². The zero-order valence-corrected chi connectivity index (χ0v) is 21.3. The summed E-state index contributed by atoms with van der Waals surface area (Å²) in [5, 5.41) is 2.73. The first-order chi connectivity index (χ1) is 16.8. The number of amides is 1. The van der Waals surface area contributed by atoms with Crippen LogP contribution in [0.15, 0.2) is 36.4 Å². The molecule has 0 aliphatic carbocycles. The monoisotopic (exact) mass is 504 g/mol. The van der Waals surface area contributed by atoms with Gasteiger partial charge in [-0.15, -0.1) is 0 Å². The van der Waals surface area contributed by atoms with Gasteiger partial charge in [0.05, 0.1) is 34.2 Å². The fourth-order valence-electron chi connectivity index (χ4n) is 3.89. The molecular weight excluding hydrogens is 472 g/mol. The lowest BCUT2D eigenvalue weighted by Crippen LogP contribution is -2.38. The lowest BCUT2D eigenvalue weighted by atomic mass is 10.0. The van der Waals surface area contributed by atoms with Crippen LogP contribution in [0.3, 0.4) is 0 Å². The van der Waals surface area contributed by atoms with Crippen LogP contribution in [0.2, 0.25) is 0 Å². The number of methoxy groups -OCH3 is 4. The summed E-state index contributed by atoms with van der Waals surface area (Å²) in [4.78, 5) is 12.2. The Kier molecular flexibility index (Phi) is 9.00. The zero-order chi connectivity index (χ0) is 25.4. The molecule has 3 rings (SSSR count). The Morgan fingerprint density at radius 2 is 1.71 bits per heavy atom. The van der Waals surface area contributed by atoms with E-state index in [2.05, 4.69) is 5.32 Å². The number of hydrogen-bond donors (Lipinski definition) is 1. The molecule has 9 nitrogen and oxygen atoms in total. The van der Waals surface area contributed by atoms with Crippen LogP contribution < -0.4 is 24.3 Å². The number of benzene rings is 2. The van der Waals surface area contributed by atoms with Crippen LogP contribution in [-0.4, -0.2) is 65.9 Å². The van der Waals surface area contributed by atoms with Crippen LogP contribution in [0, 0.1) is 0 Å². The molecule has 2 aromatic carbocycles. The Hall–Kier alpha value is -3.24. The fourth-order valence-corrected chi connectivity index (χ4v) is 5.36. The maximum atomic E-state index is 12.8. The van der Waals surface area contributed by atoms with Gasteiger partial charge in [-0.1, -0.05) is 6.07 Å². The molecule has 0 atom stereocenters. The maximum Gasteiger partial charge on any atom is 0.243 e. The topological polar surface area (TPSA) is 103 Å². The maximum absolute atomic E-state index is 12.8. The van der Waals surface area contributed by atoms with Crippen molar-refractivity contribution in [3.05, 3.63) is 53.1 Å². The van der Waals surface area contributed by atoms with Gasteiger partial charge in [0.25, 0.3) is 0 Å². The van der Waals surface area contributed by atoms with Crippen LogP contribution in [-0.2, 0) is 27.8 Å². The number of sulfonamides is 1. The first-order valence-electron chi connectivity index (χ1n) is 11.2. The Balaban J connectivity index is 1.50. The van der Waals surface area contributed by atoms with Crippen LogP contribution in [0.1, 0.15) is 23.1 Å². The standard InChI is InChI=1S/C25H32N2O7S/c1-31-21-8-7-20-17-27(12-10-19(20)16-21)35(29,30)13-5-11-26-24(28)9-6-18-14-22(32-2)25(34-4)23(15-18)33-3/h6-9,14-16H,5,10-13,17H2,1-4H3,(H,26,28)/b9-6+. The van der Waals surface area contributed by atoms with Gasteiger partial charge in [-0.25, -0.2) is 8.42 Å². The summed E-state index contributed by atoms with van der Waals surface area (Å²) in [6.07, 6.45) is 3.97. The summed E-state index contributed by atoms with van der Waals surface area (Å²) in [7, 11) is 2.75. The molecule has 1 aliphatic heterocycles. The summed E-state index contributed by atoms with van der Waals surface area (Å²) < 4.78 is 48.2. The van der Waals surface area contributed by atoms with E-state index in [-0.39, 0.29) is 18.2 Å². The second-order valence-electron chi connectivity index (χ2n) is 7.97. The third-order valence-electron chi connectivity index (χ3n) is 5.78. The SMILES string of the molecule is COc1ccc2c(c1)CCN(S(=O)(=O)CCCNC(=O)/C=C/c1cc(OC)c(OC)c(OC)c1)C2. The minimum absolute atomic E-state index is 0.0324. The quantitative estimate of drug-likeness (QED) is 0.371. The van der Waals surface area contributed by atoms with Gasteiger partial charge in [0, 0.05) is 25.7 Å². The Labute approximate surface area is 206 Å². The predicted molar refractivity (Wildman–Crippen MR) is 134 cm³/mol. The summed E-state index contributed by atoms with van der Waals surface area (Å²) in [6, 6.07) is 9.17. The number of hydrogen-bond acceptors (Lipinski definition) is 7. The molecule has 0 saturated heterocycles. The normalized spacial score (nSPS) is 13.8. The molecule has 2 aromatic rings. The van der Waals surface area contributed by atoms with Crippen molar-refractivity contribution < 1.29 is 32.2 Å². The molecular formula is C25H32N2O7S. The molecule has 10 heteroatoms. The summed E-state index contributed by atoms with van der Waals surface area (Å²) in [5.41, 5.74) is 2.80. The van der Waals surface area contributed by atoms with E-state index in [1.165, 1.54) is 31.7 Å². The van der Waals surface area contributed by atoms with Crippen molar-refractivity contribution >= 4 is 22.0 Å². The zero-order valence-electron chi connectivity index (χ0n) is 20.5. The number of nitrogens with zero attached hydrogens (tertiary/aromatic N) is 1. The van der Waals surface area contributed by atoms with Crippen LogP contribution in [0.4, 0.5) is 0 Å². The smallest absolute Gasteiger partial charge is 0.243 e. The summed E-state index contributed by atoms with van der Waals surface area (Å²) in [5.74, 6) is 1.85. The van der Waals surface area contributed by atoms with Crippen molar-refractivity contribution in [1.82, 2.24) is 9.62 Å². The lowest BCUT2D eigenvalue weighted by molar-refractivity contribution is -0.116. The van der Waals surface area contributed by atoms with Crippen molar-refractivity contribution in [3.8, 4) is 23.0 Å². The van der Waals surface area contributed by atoms with Crippen molar-refractivity contribution in [1.29, 1.82) is 0 Å². The molecule has 0 saturated carbocycles. The highest BCUT2D eigenvalue weighted by molar-refractivity contribution is 7.89. The molecule has 1 amide bonds. The van der Waals surface area contributed by atoms with E-state index in [4.69, 9.17) is 18.9 Å². The van der Waals surface area contributed by atoms with E-state index in [0.29, 0.717) is 48.7 Å². The van der Waals surface area contributed by atoms with Crippen molar-refractivity contribution in [3.63, 3.8) is 0 Å². The molecule has 0 unspecified atom stereocenters. The van der Waals surface area contributed by atoms with E-state index in [1.54, 1.807) is 25.3 Å².